The van der Waals surface area contributed by atoms with Crippen LogP contribution in [0.4, 0.5) is 4.79 Å². The molecule has 20 heavy (non-hydrogen) atoms. The average molecular weight is 286 g/mol. The number of amides is 2. The predicted octanol–water partition coefficient (Wildman–Crippen LogP) is 1.70. The number of carboxylic acids is 1. The van der Waals surface area contributed by atoms with E-state index in [4.69, 9.17) is 9.84 Å². The number of likely N-dealkylation sites (tertiary alicyclic amines) is 1. The van der Waals surface area contributed by atoms with Crippen LogP contribution in [0.2, 0.25) is 0 Å². The second-order valence-corrected chi connectivity index (χ2v) is 5.64. The van der Waals surface area contributed by atoms with E-state index in [1.54, 1.807) is 4.90 Å². The van der Waals surface area contributed by atoms with E-state index in [1.807, 2.05) is 20.8 Å². The smallest absolute Gasteiger partial charge is 0.326 e. The van der Waals surface area contributed by atoms with Crippen molar-refractivity contribution in [3.63, 3.8) is 0 Å². The van der Waals surface area contributed by atoms with Gasteiger partial charge in [-0.25, -0.2) is 9.59 Å². The Kier molecular flexibility index (Phi) is 6.78. The van der Waals surface area contributed by atoms with Crippen LogP contribution < -0.4 is 5.32 Å². The van der Waals surface area contributed by atoms with Gasteiger partial charge < -0.3 is 20.1 Å². The van der Waals surface area contributed by atoms with Crippen LogP contribution in [-0.2, 0) is 9.53 Å². The first-order valence-electron chi connectivity index (χ1n) is 7.33. The number of carbonyl (C=O) groups is 2. The zero-order valence-corrected chi connectivity index (χ0v) is 12.6. The van der Waals surface area contributed by atoms with Gasteiger partial charge in [-0.3, -0.25) is 0 Å². The SMILES string of the molecule is CCOC1CCCN(C(=O)N[C@@H](CC(C)C)C(=O)O)C1. The number of aliphatic carboxylic acids is 1. The second-order valence-electron chi connectivity index (χ2n) is 5.64. The highest BCUT2D eigenvalue weighted by Gasteiger charge is 2.27. The lowest BCUT2D eigenvalue weighted by Gasteiger charge is -2.33. The highest BCUT2D eigenvalue weighted by atomic mass is 16.5. The first-order valence-corrected chi connectivity index (χ1v) is 7.33. The van der Waals surface area contributed by atoms with Gasteiger partial charge in [0, 0.05) is 19.7 Å². The fraction of sp³-hybridized carbons (Fsp3) is 0.857. The highest BCUT2D eigenvalue weighted by Crippen LogP contribution is 2.14. The van der Waals surface area contributed by atoms with Gasteiger partial charge in [-0.2, -0.15) is 0 Å². The Bertz CT molecular complexity index is 331. The van der Waals surface area contributed by atoms with Gasteiger partial charge in [0.15, 0.2) is 0 Å². The van der Waals surface area contributed by atoms with Crippen molar-refractivity contribution in [2.45, 2.75) is 52.2 Å². The summed E-state index contributed by atoms with van der Waals surface area (Å²) in [6.07, 6.45) is 2.34. The van der Waals surface area contributed by atoms with Crippen LogP contribution in [0.5, 0.6) is 0 Å². The Labute approximate surface area is 120 Å². The summed E-state index contributed by atoms with van der Waals surface area (Å²) in [7, 11) is 0. The van der Waals surface area contributed by atoms with Crippen molar-refractivity contribution in [1.29, 1.82) is 0 Å². The Morgan fingerprint density at radius 3 is 2.70 bits per heavy atom. The molecule has 0 aromatic carbocycles. The van der Waals surface area contributed by atoms with E-state index in [2.05, 4.69) is 5.32 Å². The Hall–Kier alpha value is -1.30. The number of carboxylic acid groups (broad SMARTS) is 1. The lowest BCUT2D eigenvalue weighted by Crippen LogP contribution is -2.52. The number of nitrogens with zero attached hydrogens (tertiary/aromatic N) is 1. The van der Waals surface area contributed by atoms with Gasteiger partial charge >= 0.3 is 12.0 Å². The zero-order valence-electron chi connectivity index (χ0n) is 12.6. The Morgan fingerprint density at radius 2 is 2.15 bits per heavy atom. The molecule has 6 heteroatoms. The summed E-state index contributed by atoms with van der Waals surface area (Å²) in [5.41, 5.74) is 0. The van der Waals surface area contributed by atoms with E-state index in [0.717, 1.165) is 12.8 Å². The minimum Gasteiger partial charge on any atom is -0.480 e. The molecular formula is C14H26N2O4. The second kappa shape index (κ2) is 8.09. The maximum absolute atomic E-state index is 12.1. The van der Waals surface area contributed by atoms with Crippen LogP contribution in [0.3, 0.4) is 0 Å². The third-order valence-electron chi connectivity index (χ3n) is 3.37. The number of carbonyl (C=O) groups excluding carboxylic acids is 1. The molecule has 0 saturated carbocycles. The molecule has 1 rings (SSSR count). The fourth-order valence-corrected chi connectivity index (χ4v) is 2.43. The molecule has 1 fully saturated rings. The molecule has 1 aliphatic heterocycles. The van der Waals surface area contributed by atoms with E-state index in [9.17, 15) is 9.59 Å². The molecule has 1 aliphatic rings. The van der Waals surface area contributed by atoms with Crippen molar-refractivity contribution >= 4 is 12.0 Å². The van der Waals surface area contributed by atoms with Gasteiger partial charge in [0.25, 0.3) is 0 Å². The van der Waals surface area contributed by atoms with Crippen LogP contribution in [0.1, 0.15) is 40.0 Å². The van der Waals surface area contributed by atoms with Gasteiger partial charge in [-0.15, -0.1) is 0 Å². The van der Waals surface area contributed by atoms with Crippen LogP contribution in [0.25, 0.3) is 0 Å². The summed E-state index contributed by atoms with van der Waals surface area (Å²) < 4.78 is 5.54. The van der Waals surface area contributed by atoms with Gasteiger partial charge in [0.2, 0.25) is 0 Å². The number of urea groups is 1. The summed E-state index contributed by atoms with van der Waals surface area (Å²) in [4.78, 5) is 25.0. The van der Waals surface area contributed by atoms with Gasteiger partial charge in [0.05, 0.1) is 6.10 Å². The van der Waals surface area contributed by atoms with Crippen LogP contribution in [-0.4, -0.2) is 53.8 Å². The van der Waals surface area contributed by atoms with E-state index in [0.29, 0.717) is 26.1 Å². The topological polar surface area (TPSA) is 78.9 Å². The molecule has 0 aliphatic carbocycles. The summed E-state index contributed by atoms with van der Waals surface area (Å²) in [5, 5.41) is 11.8. The van der Waals surface area contributed by atoms with Crippen molar-refractivity contribution < 1.29 is 19.4 Å². The summed E-state index contributed by atoms with van der Waals surface area (Å²) in [5.74, 6) is -0.764. The normalized spacial score (nSPS) is 20.8. The number of hydrogen-bond acceptors (Lipinski definition) is 3. The molecule has 1 unspecified atom stereocenters. The lowest BCUT2D eigenvalue weighted by atomic mass is 10.0. The van der Waals surface area contributed by atoms with Gasteiger partial charge in [-0.05, 0) is 32.1 Å². The maximum atomic E-state index is 12.1. The summed E-state index contributed by atoms with van der Waals surface area (Å²) in [6.45, 7) is 7.63. The van der Waals surface area contributed by atoms with Crippen LogP contribution in [0.15, 0.2) is 0 Å². The predicted molar refractivity (Wildman–Crippen MR) is 75.6 cm³/mol. The molecule has 0 aromatic heterocycles. The average Bonchev–Trinajstić information content (AvgIpc) is 2.38. The van der Waals surface area contributed by atoms with Crippen molar-refractivity contribution in [2.75, 3.05) is 19.7 Å². The summed E-state index contributed by atoms with van der Waals surface area (Å²) in [6, 6.07) is -1.13. The quantitative estimate of drug-likeness (QED) is 0.779. The number of piperidine rings is 1. The molecule has 0 bridgehead atoms. The highest BCUT2D eigenvalue weighted by molar-refractivity contribution is 5.82. The lowest BCUT2D eigenvalue weighted by molar-refractivity contribution is -0.139. The van der Waals surface area contributed by atoms with E-state index in [1.165, 1.54) is 0 Å². The number of ether oxygens (including phenoxy) is 1. The number of rotatable bonds is 6. The van der Waals surface area contributed by atoms with Crippen molar-refractivity contribution in [1.82, 2.24) is 10.2 Å². The molecule has 2 N–H and O–H groups in total. The molecule has 0 aromatic rings. The minimum absolute atomic E-state index is 0.0628. The number of hydrogen-bond donors (Lipinski definition) is 2. The monoisotopic (exact) mass is 286 g/mol. The minimum atomic E-state index is -0.981. The fourth-order valence-electron chi connectivity index (χ4n) is 2.43. The number of nitrogens with one attached hydrogen (secondary N) is 1. The molecule has 2 amide bonds. The van der Waals surface area contributed by atoms with Crippen LogP contribution in [0, 0.1) is 5.92 Å². The molecular weight excluding hydrogens is 260 g/mol. The Balaban J connectivity index is 2.53. The first-order chi connectivity index (χ1) is 9.43. The largest absolute Gasteiger partial charge is 0.480 e. The van der Waals surface area contributed by atoms with E-state index in [-0.39, 0.29) is 18.1 Å². The van der Waals surface area contributed by atoms with Crippen molar-refractivity contribution in [2.24, 2.45) is 5.92 Å². The first kappa shape index (κ1) is 16.8. The van der Waals surface area contributed by atoms with Gasteiger partial charge in [-0.1, -0.05) is 13.8 Å². The molecule has 2 atom stereocenters. The van der Waals surface area contributed by atoms with Crippen LogP contribution >= 0.6 is 0 Å². The zero-order chi connectivity index (χ0) is 15.1. The Morgan fingerprint density at radius 1 is 1.45 bits per heavy atom. The van der Waals surface area contributed by atoms with E-state index >= 15 is 0 Å². The molecule has 1 saturated heterocycles. The molecule has 1 heterocycles. The van der Waals surface area contributed by atoms with Crippen molar-refractivity contribution in [3.8, 4) is 0 Å². The third-order valence-corrected chi connectivity index (χ3v) is 3.37. The van der Waals surface area contributed by atoms with Crippen molar-refractivity contribution in [3.05, 3.63) is 0 Å². The molecule has 0 radical (unpaired) electrons. The molecule has 0 spiro atoms. The third kappa shape index (κ3) is 5.36. The maximum Gasteiger partial charge on any atom is 0.326 e. The molecule has 116 valence electrons. The summed E-state index contributed by atoms with van der Waals surface area (Å²) >= 11 is 0. The standard InChI is InChI=1S/C14H26N2O4/c1-4-20-11-6-5-7-16(9-11)14(19)15-12(13(17)18)8-10(2)3/h10-12H,4-9H2,1-3H3,(H,15,19)(H,17,18)/t11?,12-/m0/s1. The molecule has 6 nitrogen and oxygen atoms in total. The van der Waals surface area contributed by atoms with Gasteiger partial charge in [0.1, 0.15) is 6.04 Å². The van der Waals surface area contributed by atoms with E-state index < -0.39 is 12.0 Å².